The van der Waals surface area contributed by atoms with Gasteiger partial charge in [0.1, 0.15) is 23.9 Å². The summed E-state index contributed by atoms with van der Waals surface area (Å²) in [4.78, 5) is 1.53. The minimum Gasteiger partial charge on any atom is -0.743 e. The smallest absolute Gasteiger partial charge is 0.460 e. The minimum absolute atomic E-state index is 0.439. The van der Waals surface area contributed by atoms with Crippen molar-refractivity contribution in [3.05, 3.63) is 36.4 Å². The van der Waals surface area contributed by atoms with Gasteiger partial charge in [-0.15, -0.1) is 0 Å². The molecular formula is C21H21F9O5S2. The summed E-state index contributed by atoms with van der Waals surface area (Å²) in [7, 11) is -5.28. The Morgan fingerprint density at radius 2 is 1.38 bits per heavy atom. The largest absolute Gasteiger partial charge is 0.743 e. The molecule has 1 heterocycles. The highest BCUT2D eigenvalue weighted by Crippen LogP contribution is 2.54. The monoisotopic (exact) mass is 588 g/mol. The number of methoxy groups -OCH3 is 1. The van der Waals surface area contributed by atoms with Gasteiger partial charge in [-0.05, 0) is 31.0 Å². The molecule has 2 aromatic rings. The lowest BCUT2D eigenvalue weighted by Gasteiger charge is -2.34. The molecule has 0 N–H and O–H groups in total. The predicted molar refractivity (Wildman–Crippen MR) is 117 cm³/mol. The summed E-state index contributed by atoms with van der Waals surface area (Å²) in [5, 5.41) is -4.51. The van der Waals surface area contributed by atoms with Crippen LogP contribution in [0, 0.1) is 0 Å². The molecule has 16 heteroatoms. The van der Waals surface area contributed by atoms with E-state index in [0.717, 1.165) is 5.75 Å². The Kier molecular flexibility index (Phi) is 9.69. The second kappa shape index (κ2) is 11.5. The van der Waals surface area contributed by atoms with Crippen molar-refractivity contribution in [2.45, 2.75) is 41.0 Å². The molecule has 0 amide bonds. The van der Waals surface area contributed by atoms with E-state index in [-0.39, 0.29) is 0 Å². The Hall–Kier alpha value is -1.91. The topological polar surface area (TPSA) is 75.7 Å². The van der Waals surface area contributed by atoms with Gasteiger partial charge < -0.3 is 14.0 Å². The van der Waals surface area contributed by atoms with Crippen LogP contribution in [0.3, 0.4) is 0 Å². The Balaban J connectivity index is 0.000000265. The quantitative estimate of drug-likeness (QED) is 0.174. The van der Waals surface area contributed by atoms with E-state index < -0.39 is 33.4 Å². The summed E-state index contributed by atoms with van der Waals surface area (Å²) in [5.41, 5.74) is 0. The highest BCUT2D eigenvalue weighted by molar-refractivity contribution is 7.97. The summed E-state index contributed by atoms with van der Waals surface area (Å²) in [6.07, 6.45) is -4.41. The number of benzene rings is 2. The zero-order chi connectivity index (χ0) is 28.3. The molecule has 0 radical (unpaired) electrons. The highest BCUT2D eigenvalue weighted by atomic mass is 32.2. The molecule has 210 valence electrons. The van der Waals surface area contributed by atoms with E-state index >= 15 is 0 Å². The van der Waals surface area contributed by atoms with Crippen molar-refractivity contribution in [3.63, 3.8) is 0 Å². The van der Waals surface area contributed by atoms with Crippen LogP contribution in [0.15, 0.2) is 41.3 Å². The molecule has 3 rings (SSSR count). The van der Waals surface area contributed by atoms with E-state index in [1.54, 1.807) is 7.11 Å². The van der Waals surface area contributed by atoms with Crippen LogP contribution in [0.1, 0.15) is 12.8 Å². The van der Waals surface area contributed by atoms with E-state index in [1.165, 1.54) is 40.0 Å². The van der Waals surface area contributed by atoms with E-state index in [1.807, 2.05) is 0 Å². The summed E-state index contributed by atoms with van der Waals surface area (Å²) >= 11 is 0. The fraction of sp³-hybridized carbons (Fsp3) is 0.524. The first-order valence-electron chi connectivity index (χ1n) is 10.4. The second-order valence-corrected chi connectivity index (χ2v) is 11.3. The molecule has 1 aliphatic rings. The lowest BCUT2D eigenvalue weighted by molar-refractivity contribution is -0.382. The van der Waals surface area contributed by atoms with Gasteiger partial charge in [0, 0.05) is 28.8 Å². The van der Waals surface area contributed by atoms with Crippen LogP contribution >= 0.6 is 0 Å². The fourth-order valence-corrected chi connectivity index (χ4v) is 6.19. The van der Waals surface area contributed by atoms with Gasteiger partial charge in [-0.2, -0.15) is 39.5 Å². The van der Waals surface area contributed by atoms with Crippen LogP contribution in [0.4, 0.5) is 39.5 Å². The molecule has 0 bridgehead atoms. The van der Waals surface area contributed by atoms with Crippen molar-refractivity contribution >= 4 is 31.8 Å². The maximum Gasteiger partial charge on any atom is 0.460 e. The first-order chi connectivity index (χ1) is 16.9. The molecule has 0 spiro atoms. The number of rotatable bonds is 8. The molecule has 1 saturated heterocycles. The number of hydrogen-bond donors (Lipinski definition) is 0. The van der Waals surface area contributed by atoms with Gasteiger partial charge in [0.05, 0.1) is 6.61 Å². The molecule has 0 saturated carbocycles. The van der Waals surface area contributed by atoms with Crippen LogP contribution in [-0.2, 0) is 25.7 Å². The van der Waals surface area contributed by atoms with Crippen molar-refractivity contribution in [3.8, 4) is 5.75 Å². The molecule has 0 aliphatic carbocycles. The molecule has 5 nitrogen and oxygen atoms in total. The normalized spacial score (nSPS) is 16.0. The van der Waals surface area contributed by atoms with E-state index in [0.29, 0.717) is 24.1 Å². The van der Waals surface area contributed by atoms with Gasteiger partial charge in [-0.1, -0.05) is 18.2 Å². The Morgan fingerprint density at radius 3 is 1.86 bits per heavy atom. The summed E-state index contributed by atoms with van der Waals surface area (Å²) < 4.78 is 146. The maximum atomic E-state index is 12.2. The SMILES string of the molecule is COCCOc1ccc([S+]2CCCC2)c2ccccc12.O=S(=O)([O-])C(F)(F)C(F)(F)C(F)(F)C(F)(F)F. The Bertz CT molecular complexity index is 1160. The van der Waals surface area contributed by atoms with Crippen molar-refractivity contribution in [1.82, 2.24) is 0 Å². The Labute approximate surface area is 209 Å². The highest BCUT2D eigenvalue weighted by Gasteiger charge is 2.83. The standard InChI is InChI=1S/C17H21O2S.C4HF9O3S/c1-18-10-11-19-16-8-9-17(20-12-4-5-13-20)15-7-3-2-6-14(15)16;5-1(6,3(9,10)11)2(7,8)4(12,13)17(14,15)16/h2-3,6-9H,4-5,10-13H2,1H3;(H,14,15,16)/q+1;/p-1. The van der Waals surface area contributed by atoms with E-state index in [4.69, 9.17) is 9.47 Å². The average molecular weight is 589 g/mol. The van der Waals surface area contributed by atoms with Crippen molar-refractivity contribution < 1.29 is 62.0 Å². The van der Waals surface area contributed by atoms with Gasteiger partial charge in [0.25, 0.3) is 0 Å². The van der Waals surface area contributed by atoms with Gasteiger partial charge in [0.15, 0.2) is 15.0 Å². The lowest BCUT2D eigenvalue weighted by Crippen LogP contribution is -2.63. The zero-order valence-corrected chi connectivity index (χ0v) is 20.6. The van der Waals surface area contributed by atoms with Crippen LogP contribution < -0.4 is 4.74 Å². The molecule has 1 fully saturated rings. The number of ether oxygens (including phenoxy) is 2. The Morgan fingerprint density at radius 1 is 0.838 bits per heavy atom. The lowest BCUT2D eigenvalue weighted by atomic mass is 10.1. The number of halogens is 9. The number of alkyl halides is 9. The average Bonchev–Trinajstić information content (AvgIpc) is 3.32. The molecule has 1 aliphatic heterocycles. The molecule has 37 heavy (non-hydrogen) atoms. The molecule has 0 aromatic heterocycles. The molecular weight excluding hydrogens is 567 g/mol. The van der Waals surface area contributed by atoms with Crippen molar-refractivity contribution in [2.24, 2.45) is 0 Å². The van der Waals surface area contributed by atoms with Gasteiger partial charge in [-0.3, -0.25) is 0 Å². The van der Waals surface area contributed by atoms with Gasteiger partial charge in [-0.25, -0.2) is 8.42 Å². The number of fused-ring (bicyclic) bond motifs is 1. The van der Waals surface area contributed by atoms with Crippen LogP contribution in [0.25, 0.3) is 10.8 Å². The van der Waals surface area contributed by atoms with Crippen molar-refractivity contribution in [2.75, 3.05) is 31.8 Å². The molecule has 0 unspecified atom stereocenters. The van der Waals surface area contributed by atoms with E-state index in [9.17, 15) is 52.5 Å². The third kappa shape index (κ3) is 6.40. The minimum atomic E-state index is -7.43. The maximum absolute atomic E-state index is 12.2. The first-order valence-corrected chi connectivity index (χ1v) is 13.3. The van der Waals surface area contributed by atoms with Crippen molar-refractivity contribution in [1.29, 1.82) is 0 Å². The fourth-order valence-electron chi connectivity index (χ4n) is 3.25. The van der Waals surface area contributed by atoms with Crippen LogP contribution in [0.5, 0.6) is 5.75 Å². The third-order valence-corrected chi connectivity index (χ3v) is 8.59. The summed E-state index contributed by atoms with van der Waals surface area (Å²) in [6.45, 7) is 1.23. The van der Waals surface area contributed by atoms with Gasteiger partial charge >= 0.3 is 23.3 Å². The summed E-state index contributed by atoms with van der Waals surface area (Å²) in [5.74, 6) is -11.1. The third-order valence-electron chi connectivity index (χ3n) is 5.16. The van der Waals surface area contributed by atoms with Crippen LogP contribution in [-0.4, -0.2) is 68.1 Å². The summed E-state index contributed by atoms with van der Waals surface area (Å²) in [6, 6.07) is 13.0. The molecule has 2 aromatic carbocycles. The first kappa shape index (κ1) is 31.3. The molecule has 0 atom stereocenters. The number of hydrogen-bond acceptors (Lipinski definition) is 5. The second-order valence-electron chi connectivity index (χ2n) is 7.67. The van der Waals surface area contributed by atoms with E-state index in [2.05, 4.69) is 36.4 Å². The predicted octanol–water partition coefficient (Wildman–Crippen LogP) is 5.59. The van der Waals surface area contributed by atoms with Gasteiger partial charge in [0.2, 0.25) is 0 Å². The zero-order valence-electron chi connectivity index (χ0n) is 19.0. The van der Waals surface area contributed by atoms with Crippen LogP contribution in [0.2, 0.25) is 0 Å².